The van der Waals surface area contributed by atoms with Gasteiger partial charge in [0.25, 0.3) is 0 Å². The Morgan fingerprint density at radius 3 is 1.86 bits per heavy atom. The molecule has 142 valence electrons. The molecule has 3 aromatic rings. The largest absolute Gasteiger partial charge is 0.512 e. The minimum atomic E-state index is -0.373. The van der Waals surface area contributed by atoms with Crippen molar-refractivity contribution in [1.82, 2.24) is 4.57 Å². The Balaban J connectivity index is 2.57. The van der Waals surface area contributed by atoms with Crippen LogP contribution in [0.25, 0.3) is 22.4 Å². The molecule has 0 aliphatic heterocycles. The van der Waals surface area contributed by atoms with Crippen molar-refractivity contribution in [2.45, 2.75) is 20.8 Å². The second-order valence-corrected chi connectivity index (χ2v) is 6.53. The summed E-state index contributed by atoms with van der Waals surface area (Å²) in [7, 11) is 0. The summed E-state index contributed by atoms with van der Waals surface area (Å²) in [6.45, 7) is 4.12. The zero-order chi connectivity index (χ0) is 20.4. The van der Waals surface area contributed by atoms with Gasteiger partial charge in [-0.3, -0.25) is 14.2 Å². The Hall–Kier alpha value is -3.60. The van der Waals surface area contributed by atoms with Gasteiger partial charge in [-0.15, -0.1) is 0 Å². The topological polar surface area (TPSA) is 79.5 Å². The highest BCUT2D eigenvalue weighted by molar-refractivity contribution is 6.23. The summed E-state index contributed by atoms with van der Waals surface area (Å²) in [5, 5.41) is 21.3. The molecule has 0 radical (unpaired) electrons. The molecule has 0 unspecified atom stereocenters. The number of rotatable bonds is 5. The number of hydrogen-bond donors (Lipinski definition) is 2. The summed E-state index contributed by atoms with van der Waals surface area (Å²) >= 11 is 0. The lowest BCUT2D eigenvalue weighted by Gasteiger charge is -2.14. The molecule has 0 saturated heterocycles. The van der Waals surface area contributed by atoms with Crippen molar-refractivity contribution in [1.29, 1.82) is 0 Å². The van der Waals surface area contributed by atoms with Crippen molar-refractivity contribution in [3.05, 3.63) is 77.7 Å². The minimum absolute atomic E-state index is 0.0468. The smallest absolute Gasteiger partial charge is 0.207 e. The van der Waals surface area contributed by atoms with Crippen LogP contribution in [-0.2, 0) is 4.79 Å². The molecule has 1 aromatic heterocycles. The summed E-state index contributed by atoms with van der Waals surface area (Å²) in [6, 6.07) is 18.0. The van der Waals surface area contributed by atoms with Gasteiger partial charge in [-0.2, -0.15) is 0 Å². The van der Waals surface area contributed by atoms with Gasteiger partial charge in [0, 0.05) is 11.3 Å². The number of hydrogen-bond acceptors (Lipinski definition) is 4. The zero-order valence-electron chi connectivity index (χ0n) is 15.9. The molecular weight excluding hydrogens is 354 g/mol. The first-order valence-corrected chi connectivity index (χ1v) is 8.85. The van der Waals surface area contributed by atoms with Crippen LogP contribution in [0.3, 0.4) is 0 Å². The summed E-state index contributed by atoms with van der Waals surface area (Å²) in [6.07, 6.45) is 0. The summed E-state index contributed by atoms with van der Waals surface area (Å²) in [5.41, 5.74) is 2.07. The lowest BCUT2D eigenvalue weighted by Crippen LogP contribution is -2.07. The third-order valence-electron chi connectivity index (χ3n) is 4.53. The molecule has 28 heavy (non-hydrogen) atoms. The minimum Gasteiger partial charge on any atom is -0.512 e. The van der Waals surface area contributed by atoms with Crippen molar-refractivity contribution in [2.75, 3.05) is 0 Å². The highest BCUT2D eigenvalue weighted by Crippen LogP contribution is 2.43. The maximum Gasteiger partial charge on any atom is 0.207 e. The van der Waals surface area contributed by atoms with Crippen molar-refractivity contribution >= 4 is 17.1 Å². The molecule has 0 bridgehead atoms. The molecule has 0 spiro atoms. The fourth-order valence-corrected chi connectivity index (χ4v) is 3.44. The van der Waals surface area contributed by atoms with E-state index in [9.17, 15) is 19.8 Å². The number of carbonyl (C=O) groups is 2. The van der Waals surface area contributed by atoms with Crippen LogP contribution >= 0.6 is 0 Å². The molecule has 0 aliphatic carbocycles. The van der Waals surface area contributed by atoms with E-state index in [2.05, 4.69) is 0 Å². The van der Waals surface area contributed by atoms with Crippen molar-refractivity contribution in [2.24, 2.45) is 0 Å². The van der Waals surface area contributed by atoms with E-state index in [0.29, 0.717) is 16.8 Å². The summed E-state index contributed by atoms with van der Waals surface area (Å²) < 4.78 is 1.44. The molecule has 2 aromatic carbocycles. The molecular formula is C23H21NO4. The first kappa shape index (κ1) is 19.2. The zero-order valence-corrected chi connectivity index (χ0v) is 15.9. The quantitative estimate of drug-likeness (QED) is 0.376. The number of allylic oxidation sites excluding steroid dienone is 2. The first-order chi connectivity index (χ1) is 13.3. The first-order valence-electron chi connectivity index (χ1n) is 8.85. The lowest BCUT2D eigenvalue weighted by atomic mass is 9.94. The van der Waals surface area contributed by atoms with E-state index in [1.54, 1.807) is 36.4 Å². The van der Waals surface area contributed by atoms with Crippen LogP contribution in [0.5, 0.6) is 5.88 Å². The van der Waals surface area contributed by atoms with Crippen LogP contribution in [-0.4, -0.2) is 26.3 Å². The van der Waals surface area contributed by atoms with E-state index in [1.807, 2.05) is 24.3 Å². The van der Waals surface area contributed by atoms with Crippen LogP contribution < -0.4 is 0 Å². The molecule has 0 aliphatic rings. The van der Waals surface area contributed by atoms with Crippen LogP contribution in [0.2, 0.25) is 0 Å². The molecule has 0 saturated carbocycles. The van der Waals surface area contributed by atoms with Gasteiger partial charge in [-0.25, -0.2) is 0 Å². The van der Waals surface area contributed by atoms with Crippen LogP contribution in [0.4, 0.5) is 0 Å². The predicted octanol–water partition coefficient (Wildman–Crippen LogP) is 4.93. The third-order valence-corrected chi connectivity index (χ3v) is 4.53. The molecule has 5 nitrogen and oxygen atoms in total. The monoisotopic (exact) mass is 375 g/mol. The van der Waals surface area contributed by atoms with Gasteiger partial charge in [-0.05, 0) is 38.5 Å². The number of nitrogens with zero attached hydrogens (tertiary/aromatic N) is 1. The van der Waals surface area contributed by atoms with Gasteiger partial charge in [0.05, 0.1) is 16.8 Å². The molecule has 5 heteroatoms. The second-order valence-electron chi connectivity index (χ2n) is 6.53. The Morgan fingerprint density at radius 2 is 1.39 bits per heavy atom. The average molecular weight is 375 g/mol. The van der Waals surface area contributed by atoms with Crippen LogP contribution in [0.1, 0.15) is 36.8 Å². The van der Waals surface area contributed by atoms with E-state index in [4.69, 9.17) is 0 Å². The molecule has 0 amide bonds. The van der Waals surface area contributed by atoms with Gasteiger partial charge in [-0.1, -0.05) is 48.5 Å². The molecule has 0 fully saturated rings. The number of aromatic hydroxyl groups is 1. The maximum absolute atomic E-state index is 12.5. The van der Waals surface area contributed by atoms with Crippen molar-refractivity contribution in [3.63, 3.8) is 0 Å². The number of para-hydroxylation sites is 1. The van der Waals surface area contributed by atoms with Gasteiger partial charge in [0.2, 0.25) is 5.88 Å². The van der Waals surface area contributed by atoms with Crippen molar-refractivity contribution in [3.8, 4) is 22.7 Å². The lowest BCUT2D eigenvalue weighted by molar-refractivity contribution is -0.111. The highest BCUT2D eigenvalue weighted by Gasteiger charge is 2.31. The van der Waals surface area contributed by atoms with Crippen molar-refractivity contribution < 1.29 is 19.8 Å². The third kappa shape index (κ3) is 3.22. The molecule has 2 N–H and O–H groups in total. The number of carbonyl (C=O) groups excluding carboxylic acids is 2. The molecule has 3 rings (SSSR count). The number of Topliss-reactive ketones (excluding diaryl/α,β-unsaturated/α-hetero) is 2. The number of ketones is 2. The summed E-state index contributed by atoms with van der Waals surface area (Å²) in [4.78, 5) is 24.9. The number of benzene rings is 2. The Bertz CT molecular complexity index is 1070. The standard InChI is InChI=1S/C23H21NO4/c1-14(25)19(15(2)26)22-21(17-10-6-4-7-11-17)20(16(3)27)23(28)24(22)18-12-8-5-9-13-18/h4-13,25,28H,1-3H3/b19-14+. The Labute approximate surface area is 163 Å². The summed E-state index contributed by atoms with van der Waals surface area (Å²) in [5.74, 6) is -1.17. The Morgan fingerprint density at radius 1 is 0.857 bits per heavy atom. The number of aliphatic hydroxyl groups excluding tert-OH is 1. The van der Waals surface area contributed by atoms with Gasteiger partial charge in [0.15, 0.2) is 11.6 Å². The predicted molar refractivity (Wildman–Crippen MR) is 109 cm³/mol. The molecule has 1 heterocycles. The van der Waals surface area contributed by atoms with Crippen LogP contribution in [0, 0.1) is 0 Å². The van der Waals surface area contributed by atoms with E-state index < -0.39 is 0 Å². The normalized spacial score (nSPS) is 11.8. The number of aliphatic hydroxyl groups is 1. The van der Waals surface area contributed by atoms with Gasteiger partial charge >= 0.3 is 0 Å². The van der Waals surface area contributed by atoms with Gasteiger partial charge in [0.1, 0.15) is 5.76 Å². The van der Waals surface area contributed by atoms with E-state index >= 15 is 0 Å². The highest BCUT2D eigenvalue weighted by atomic mass is 16.3. The van der Waals surface area contributed by atoms with Gasteiger partial charge < -0.3 is 10.2 Å². The van der Waals surface area contributed by atoms with E-state index in [0.717, 1.165) is 0 Å². The average Bonchev–Trinajstić information content (AvgIpc) is 2.95. The van der Waals surface area contributed by atoms with Crippen LogP contribution in [0.15, 0.2) is 66.4 Å². The maximum atomic E-state index is 12.5. The molecule has 0 atom stereocenters. The number of aromatic nitrogens is 1. The fourth-order valence-electron chi connectivity index (χ4n) is 3.44. The van der Waals surface area contributed by atoms with E-state index in [-0.39, 0.29) is 40.0 Å². The fraction of sp³-hybridized carbons (Fsp3) is 0.130. The Kier molecular flexibility index (Phi) is 5.18. The second kappa shape index (κ2) is 7.56. The van der Waals surface area contributed by atoms with E-state index in [1.165, 1.54) is 25.3 Å². The SMILES string of the molecule is CC(=O)/C(=C(/C)O)c1c(-c2ccccc2)c(C(C)=O)c(O)n1-c1ccccc1.